The van der Waals surface area contributed by atoms with E-state index >= 15 is 0 Å². The summed E-state index contributed by atoms with van der Waals surface area (Å²) >= 11 is 0. The van der Waals surface area contributed by atoms with Gasteiger partial charge in [-0.25, -0.2) is 0 Å². The van der Waals surface area contributed by atoms with Crippen LogP contribution in [0.4, 0.5) is 26.3 Å². The summed E-state index contributed by atoms with van der Waals surface area (Å²) in [5, 5.41) is 9.51. The fourth-order valence-electron chi connectivity index (χ4n) is 2.82. The molecule has 0 radical (unpaired) electrons. The first-order valence-electron chi connectivity index (χ1n) is 9.37. The van der Waals surface area contributed by atoms with Crippen LogP contribution in [0.15, 0.2) is 0 Å². The van der Waals surface area contributed by atoms with Crippen molar-refractivity contribution in [2.75, 3.05) is 0 Å². The number of ether oxygens (including phenoxy) is 2. The van der Waals surface area contributed by atoms with Crippen molar-refractivity contribution in [2.24, 2.45) is 10.8 Å². The van der Waals surface area contributed by atoms with E-state index in [1.165, 1.54) is 34.6 Å². The van der Waals surface area contributed by atoms with Gasteiger partial charge in [0, 0.05) is 6.42 Å². The number of alkyl halides is 6. The minimum absolute atomic E-state index is 0.0471. The van der Waals surface area contributed by atoms with E-state index in [0.717, 1.165) is 0 Å². The lowest BCUT2D eigenvalue weighted by atomic mass is 9.72. The number of hydrogen-bond acceptors (Lipinski definition) is 5. The van der Waals surface area contributed by atoms with Crippen molar-refractivity contribution in [3.05, 3.63) is 0 Å². The van der Waals surface area contributed by atoms with E-state index in [4.69, 9.17) is 4.74 Å². The lowest BCUT2D eigenvalue weighted by Gasteiger charge is -2.35. The fraction of sp³-hybridized carbons (Fsp3) is 0.895. The number of carbonyl (C=O) groups is 2. The van der Waals surface area contributed by atoms with Crippen LogP contribution >= 0.6 is 0 Å². The molecular weight excluding hydrogens is 422 g/mol. The van der Waals surface area contributed by atoms with E-state index < -0.39 is 59.4 Å². The molecule has 4 unspecified atom stereocenters. The maximum absolute atomic E-state index is 12.8. The zero-order chi connectivity index (χ0) is 24.3. The third kappa shape index (κ3) is 7.63. The number of rotatable bonds is 9. The molecule has 30 heavy (non-hydrogen) atoms. The van der Waals surface area contributed by atoms with Crippen LogP contribution in [-0.4, -0.2) is 47.2 Å². The molecule has 0 saturated heterocycles. The molecule has 0 bridgehead atoms. The quantitative estimate of drug-likeness (QED) is 0.396. The second-order valence-corrected chi connectivity index (χ2v) is 8.76. The van der Waals surface area contributed by atoms with Crippen molar-refractivity contribution in [1.82, 2.24) is 0 Å². The Labute approximate surface area is 172 Å². The molecule has 5 nitrogen and oxygen atoms in total. The first-order valence-corrected chi connectivity index (χ1v) is 9.37. The van der Waals surface area contributed by atoms with Crippen molar-refractivity contribution in [3.8, 4) is 0 Å². The maximum Gasteiger partial charge on any atom is 0.425 e. The topological polar surface area (TPSA) is 72.8 Å². The van der Waals surface area contributed by atoms with Gasteiger partial charge in [0.15, 0.2) is 11.7 Å². The van der Waals surface area contributed by atoms with Crippen LogP contribution in [-0.2, 0) is 19.1 Å². The molecule has 0 aliphatic rings. The average Bonchev–Trinajstić information content (AvgIpc) is 2.51. The standard InChI is InChI=1S/C19H30F6O5/c1-8-16(6,14(27)30-12(3)18(20,21)22)10-15(4,5)13(26)29-11(2)9-17(7,28)19(23,24)25/h11-12,28H,8-10H2,1-7H3. The van der Waals surface area contributed by atoms with Gasteiger partial charge < -0.3 is 14.6 Å². The molecule has 0 heterocycles. The maximum atomic E-state index is 12.8. The van der Waals surface area contributed by atoms with Gasteiger partial charge in [0.25, 0.3) is 0 Å². The largest absolute Gasteiger partial charge is 0.462 e. The van der Waals surface area contributed by atoms with Crippen molar-refractivity contribution in [2.45, 2.75) is 97.9 Å². The van der Waals surface area contributed by atoms with Gasteiger partial charge >= 0.3 is 24.3 Å². The smallest absolute Gasteiger partial charge is 0.425 e. The van der Waals surface area contributed by atoms with Gasteiger partial charge in [-0.05, 0) is 54.4 Å². The van der Waals surface area contributed by atoms with Gasteiger partial charge in [0.2, 0.25) is 0 Å². The van der Waals surface area contributed by atoms with Crippen LogP contribution in [0.1, 0.15) is 67.7 Å². The Morgan fingerprint density at radius 2 is 1.37 bits per heavy atom. The van der Waals surface area contributed by atoms with Crippen LogP contribution in [0, 0.1) is 10.8 Å². The highest BCUT2D eigenvalue weighted by atomic mass is 19.4. The summed E-state index contributed by atoms with van der Waals surface area (Å²) in [6.07, 6.45) is -14.4. The van der Waals surface area contributed by atoms with Crippen LogP contribution in [0.5, 0.6) is 0 Å². The summed E-state index contributed by atoms with van der Waals surface area (Å²) in [5.74, 6) is -2.10. The highest BCUT2D eigenvalue weighted by Crippen LogP contribution is 2.40. The summed E-state index contributed by atoms with van der Waals surface area (Å²) in [5.41, 5.74) is -5.97. The Balaban J connectivity index is 5.28. The SMILES string of the molecule is CCC(C)(CC(C)(C)C(=O)OC(C)CC(C)(O)C(F)(F)F)C(=O)OC(C)C(F)(F)F. The fourth-order valence-corrected chi connectivity index (χ4v) is 2.82. The Hall–Kier alpha value is -1.52. The first kappa shape index (κ1) is 28.5. The molecule has 0 spiro atoms. The summed E-state index contributed by atoms with van der Waals surface area (Å²) in [7, 11) is 0. The van der Waals surface area contributed by atoms with Crippen LogP contribution in [0.25, 0.3) is 0 Å². The average molecular weight is 452 g/mol. The Kier molecular flexibility index (Phi) is 8.84. The van der Waals surface area contributed by atoms with Crippen molar-refractivity contribution >= 4 is 11.9 Å². The van der Waals surface area contributed by atoms with E-state index in [1.807, 2.05) is 0 Å². The van der Waals surface area contributed by atoms with Gasteiger partial charge in [0.05, 0.1) is 10.8 Å². The monoisotopic (exact) mass is 452 g/mol. The zero-order valence-corrected chi connectivity index (χ0v) is 18.1. The minimum Gasteiger partial charge on any atom is -0.462 e. The predicted octanol–water partition coefficient (Wildman–Crippen LogP) is 4.95. The van der Waals surface area contributed by atoms with E-state index in [9.17, 15) is 41.0 Å². The molecule has 178 valence electrons. The predicted molar refractivity (Wildman–Crippen MR) is 95.3 cm³/mol. The third-order valence-corrected chi connectivity index (χ3v) is 5.01. The minimum atomic E-state index is -4.93. The molecule has 4 atom stereocenters. The summed E-state index contributed by atoms with van der Waals surface area (Å²) in [6, 6.07) is 0. The number of esters is 2. The molecule has 0 aromatic rings. The van der Waals surface area contributed by atoms with Gasteiger partial charge in [-0.3, -0.25) is 9.59 Å². The highest BCUT2D eigenvalue weighted by molar-refractivity contribution is 5.80. The number of carbonyl (C=O) groups excluding carboxylic acids is 2. The second-order valence-electron chi connectivity index (χ2n) is 8.76. The number of hydrogen-bond donors (Lipinski definition) is 1. The first-order chi connectivity index (χ1) is 13.1. The van der Waals surface area contributed by atoms with Crippen LogP contribution in [0.3, 0.4) is 0 Å². The van der Waals surface area contributed by atoms with Crippen LogP contribution in [0.2, 0.25) is 0 Å². The molecule has 0 aliphatic heterocycles. The van der Waals surface area contributed by atoms with E-state index in [0.29, 0.717) is 13.8 Å². The molecule has 0 aromatic carbocycles. The summed E-state index contributed by atoms with van der Waals surface area (Å²) in [6.45, 7) is 7.99. The molecule has 0 aromatic heterocycles. The molecular formula is C19H30F6O5. The molecule has 1 N–H and O–H groups in total. The third-order valence-electron chi connectivity index (χ3n) is 5.01. The molecule has 0 rings (SSSR count). The Bertz CT molecular complexity index is 612. The molecule has 0 aliphatic carbocycles. The Morgan fingerprint density at radius 3 is 1.73 bits per heavy atom. The molecule has 11 heteroatoms. The van der Waals surface area contributed by atoms with Crippen molar-refractivity contribution in [1.29, 1.82) is 0 Å². The summed E-state index contributed by atoms with van der Waals surface area (Å²) in [4.78, 5) is 24.8. The van der Waals surface area contributed by atoms with Crippen molar-refractivity contribution < 1.29 is 50.5 Å². The normalized spacial score (nSPS) is 19.3. The zero-order valence-electron chi connectivity index (χ0n) is 18.1. The van der Waals surface area contributed by atoms with E-state index in [1.54, 1.807) is 0 Å². The van der Waals surface area contributed by atoms with Gasteiger partial charge in [0.1, 0.15) is 6.10 Å². The van der Waals surface area contributed by atoms with Crippen molar-refractivity contribution in [3.63, 3.8) is 0 Å². The highest BCUT2D eigenvalue weighted by Gasteiger charge is 2.51. The van der Waals surface area contributed by atoms with Crippen LogP contribution < -0.4 is 0 Å². The Morgan fingerprint density at radius 1 is 0.900 bits per heavy atom. The van der Waals surface area contributed by atoms with E-state index in [-0.39, 0.29) is 12.8 Å². The van der Waals surface area contributed by atoms with Gasteiger partial charge in [-0.15, -0.1) is 0 Å². The number of aliphatic hydroxyl groups is 1. The summed E-state index contributed by atoms with van der Waals surface area (Å²) < 4.78 is 85.9. The second kappa shape index (κ2) is 9.32. The lowest BCUT2D eigenvalue weighted by Crippen LogP contribution is -2.46. The number of halogens is 6. The van der Waals surface area contributed by atoms with Gasteiger partial charge in [-0.2, -0.15) is 26.3 Å². The van der Waals surface area contributed by atoms with E-state index in [2.05, 4.69) is 4.74 Å². The molecule has 0 amide bonds. The lowest BCUT2D eigenvalue weighted by molar-refractivity contribution is -0.261. The van der Waals surface area contributed by atoms with Gasteiger partial charge in [-0.1, -0.05) is 6.92 Å². The molecule has 0 fully saturated rings. The molecule has 0 saturated carbocycles.